The zero-order valence-electron chi connectivity index (χ0n) is 8.76. The van der Waals surface area contributed by atoms with Crippen molar-refractivity contribution in [1.29, 1.82) is 0 Å². The van der Waals surface area contributed by atoms with Gasteiger partial charge in [0.05, 0.1) is 0 Å². The molecule has 3 heteroatoms. The van der Waals surface area contributed by atoms with E-state index in [1.165, 1.54) is 11.3 Å². The van der Waals surface area contributed by atoms with Gasteiger partial charge in [0.1, 0.15) is 0 Å². The molecule has 0 saturated heterocycles. The summed E-state index contributed by atoms with van der Waals surface area (Å²) in [7, 11) is 0. The predicted molar refractivity (Wildman–Crippen MR) is 62.0 cm³/mol. The first-order valence-electron chi connectivity index (χ1n) is 4.98. The number of nitrogens with one attached hydrogen (secondary N) is 1. The molecule has 1 atom stereocenters. The van der Waals surface area contributed by atoms with Crippen molar-refractivity contribution >= 4 is 17.3 Å². The summed E-state index contributed by atoms with van der Waals surface area (Å²) in [4.78, 5) is 4.04. The van der Waals surface area contributed by atoms with Crippen molar-refractivity contribution < 1.29 is 0 Å². The fourth-order valence-electron chi connectivity index (χ4n) is 1.28. The van der Waals surface area contributed by atoms with Gasteiger partial charge in [-0.05, 0) is 38.3 Å². The van der Waals surface area contributed by atoms with Crippen LogP contribution in [0.2, 0.25) is 0 Å². The predicted octanol–water partition coefficient (Wildman–Crippen LogP) is 3.21. The Balaban J connectivity index is 2.28. The molecular formula is C11H17ClN2. The number of hydrogen-bond donors (Lipinski definition) is 1. The molecule has 1 aromatic rings. The fourth-order valence-corrected chi connectivity index (χ4v) is 1.43. The molecule has 1 N–H and O–H groups in total. The van der Waals surface area contributed by atoms with Crippen molar-refractivity contribution in [2.75, 3.05) is 11.9 Å². The van der Waals surface area contributed by atoms with Gasteiger partial charge in [-0.1, -0.05) is 0 Å². The molecule has 0 amide bonds. The van der Waals surface area contributed by atoms with Crippen molar-refractivity contribution in [2.24, 2.45) is 0 Å². The van der Waals surface area contributed by atoms with E-state index < -0.39 is 0 Å². The first kappa shape index (κ1) is 11.3. The molecule has 0 aliphatic carbocycles. The van der Waals surface area contributed by atoms with Crippen molar-refractivity contribution in [3.63, 3.8) is 0 Å². The maximum atomic E-state index is 5.85. The molecule has 14 heavy (non-hydrogen) atoms. The van der Waals surface area contributed by atoms with E-state index >= 15 is 0 Å². The van der Waals surface area contributed by atoms with Crippen LogP contribution in [0.5, 0.6) is 0 Å². The number of anilines is 1. The normalized spacial score (nSPS) is 12.5. The Labute approximate surface area is 90.7 Å². The van der Waals surface area contributed by atoms with E-state index in [0.717, 1.165) is 19.4 Å². The first-order valence-corrected chi connectivity index (χ1v) is 5.42. The summed E-state index contributed by atoms with van der Waals surface area (Å²) in [6, 6.07) is 2.00. The Hall–Kier alpha value is -0.760. The molecule has 0 aliphatic heterocycles. The maximum absolute atomic E-state index is 5.85. The fraction of sp³-hybridized carbons (Fsp3) is 0.545. The van der Waals surface area contributed by atoms with E-state index in [1.807, 2.05) is 19.2 Å². The topological polar surface area (TPSA) is 24.9 Å². The van der Waals surface area contributed by atoms with E-state index in [-0.39, 0.29) is 5.38 Å². The van der Waals surface area contributed by atoms with Crippen molar-refractivity contribution in [2.45, 2.75) is 32.1 Å². The average Bonchev–Trinajstić information content (AvgIpc) is 2.15. The lowest BCUT2D eigenvalue weighted by Gasteiger charge is -2.08. The molecule has 0 bridgehead atoms. The highest BCUT2D eigenvalue weighted by Crippen LogP contribution is 2.12. The van der Waals surface area contributed by atoms with E-state index in [1.54, 1.807) is 6.20 Å². The summed E-state index contributed by atoms with van der Waals surface area (Å²) in [6.45, 7) is 5.06. The largest absolute Gasteiger partial charge is 0.385 e. The van der Waals surface area contributed by atoms with Crippen LogP contribution in [0.15, 0.2) is 18.5 Å². The van der Waals surface area contributed by atoms with Crippen molar-refractivity contribution in [1.82, 2.24) is 4.98 Å². The number of alkyl halides is 1. The van der Waals surface area contributed by atoms with Gasteiger partial charge in [0.15, 0.2) is 0 Å². The van der Waals surface area contributed by atoms with Crippen LogP contribution in [-0.4, -0.2) is 16.9 Å². The number of hydrogen-bond acceptors (Lipinski definition) is 2. The maximum Gasteiger partial charge on any atom is 0.0400 e. The molecule has 0 radical (unpaired) electrons. The summed E-state index contributed by atoms with van der Waals surface area (Å²) < 4.78 is 0. The van der Waals surface area contributed by atoms with Gasteiger partial charge in [0.25, 0.3) is 0 Å². The average molecular weight is 213 g/mol. The number of aryl methyl sites for hydroxylation is 1. The highest BCUT2D eigenvalue weighted by atomic mass is 35.5. The summed E-state index contributed by atoms with van der Waals surface area (Å²) in [6.07, 6.45) is 5.83. The minimum atomic E-state index is 0.273. The molecule has 0 aromatic carbocycles. The summed E-state index contributed by atoms with van der Waals surface area (Å²) in [5.41, 5.74) is 2.36. The lowest BCUT2D eigenvalue weighted by Crippen LogP contribution is -2.05. The standard InChI is InChI=1S/C11H17ClN2/c1-9-8-13-7-5-11(9)14-6-3-4-10(2)12/h5,7-8,10H,3-4,6H2,1-2H3,(H,13,14). The van der Waals surface area contributed by atoms with Crippen LogP contribution in [0.4, 0.5) is 5.69 Å². The highest BCUT2D eigenvalue weighted by Gasteiger charge is 1.98. The number of halogens is 1. The monoisotopic (exact) mass is 212 g/mol. The van der Waals surface area contributed by atoms with Crippen LogP contribution in [0.1, 0.15) is 25.3 Å². The zero-order chi connectivity index (χ0) is 10.4. The van der Waals surface area contributed by atoms with Crippen LogP contribution in [0.25, 0.3) is 0 Å². The van der Waals surface area contributed by atoms with Crippen LogP contribution >= 0.6 is 11.6 Å². The molecular weight excluding hydrogens is 196 g/mol. The van der Waals surface area contributed by atoms with Crippen LogP contribution in [0, 0.1) is 6.92 Å². The van der Waals surface area contributed by atoms with Gasteiger partial charge in [0.2, 0.25) is 0 Å². The van der Waals surface area contributed by atoms with Crippen molar-refractivity contribution in [3.05, 3.63) is 24.0 Å². The molecule has 1 unspecified atom stereocenters. The molecule has 2 nitrogen and oxygen atoms in total. The Morgan fingerprint density at radius 2 is 2.36 bits per heavy atom. The number of aromatic nitrogens is 1. The number of nitrogens with zero attached hydrogens (tertiary/aromatic N) is 1. The minimum absolute atomic E-state index is 0.273. The third-order valence-electron chi connectivity index (χ3n) is 2.11. The molecule has 1 aromatic heterocycles. The Morgan fingerprint density at radius 3 is 3.00 bits per heavy atom. The third kappa shape index (κ3) is 3.97. The Kier molecular flexibility index (Phi) is 4.74. The Bertz CT molecular complexity index is 274. The van der Waals surface area contributed by atoms with Gasteiger partial charge in [-0.2, -0.15) is 0 Å². The molecule has 1 heterocycles. The molecule has 0 saturated carbocycles. The second-order valence-corrected chi connectivity index (χ2v) is 4.29. The molecule has 0 fully saturated rings. The van der Waals surface area contributed by atoms with E-state index in [4.69, 9.17) is 11.6 Å². The van der Waals surface area contributed by atoms with Gasteiger partial charge in [-0.3, -0.25) is 4.98 Å². The second kappa shape index (κ2) is 5.86. The molecule has 0 spiro atoms. The van der Waals surface area contributed by atoms with E-state index in [2.05, 4.69) is 17.2 Å². The molecule has 1 rings (SSSR count). The summed E-state index contributed by atoms with van der Waals surface area (Å²) >= 11 is 5.85. The van der Waals surface area contributed by atoms with E-state index in [0.29, 0.717) is 0 Å². The number of rotatable bonds is 5. The lowest BCUT2D eigenvalue weighted by molar-refractivity contribution is 0.750. The quantitative estimate of drug-likeness (QED) is 0.599. The van der Waals surface area contributed by atoms with Crippen LogP contribution < -0.4 is 5.32 Å². The highest BCUT2D eigenvalue weighted by molar-refractivity contribution is 6.20. The molecule has 78 valence electrons. The van der Waals surface area contributed by atoms with Gasteiger partial charge >= 0.3 is 0 Å². The van der Waals surface area contributed by atoms with E-state index in [9.17, 15) is 0 Å². The smallest absolute Gasteiger partial charge is 0.0400 e. The summed E-state index contributed by atoms with van der Waals surface area (Å²) in [5, 5.41) is 3.64. The minimum Gasteiger partial charge on any atom is -0.385 e. The SMILES string of the molecule is Cc1cnccc1NCCCC(C)Cl. The van der Waals surface area contributed by atoms with Gasteiger partial charge in [0, 0.05) is 30.0 Å². The molecule has 0 aliphatic rings. The Morgan fingerprint density at radius 1 is 1.57 bits per heavy atom. The van der Waals surface area contributed by atoms with Gasteiger partial charge in [-0.15, -0.1) is 11.6 Å². The van der Waals surface area contributed by atoms with Crippen molar-refractivity contribution in [3.8, 4) is 0 Å². The zero-order valence-corrected chi connectivity index (χ0v) is 9.51. The second-order valence-electron chi connectivity index (χ2n) is 3.54. The van der Waals surface area contributed by atoms with Gasteiger partial charge < -0.3 is 5.32 Å². The van der Waals surface area contributed by atoms with Gasteiger partial charge in [-0.25, -0.2) is 0 Å². The summed E-state index contributed by atoms with van der Waals surface area (Å²) in [5.74, 6) is 0. The lowest BCUT2D eigenvalue weighted by atomic mass is 10.2. The number of pyridine rings is 1. The first-order chi connectivity index (χ1) is 6.70. The van der Waals surface area contributed by atoms with Crippen LogP contribution in [0.3, 0.4) is 0 Å². The third-order valence-corrected chi connectivity index (χ3v) is 2.33. The van der Waals surface area contributed by atoms with Crippen LogP contribution in [-0.2, 0) is 0 Å².